The van der Waals surface area contributed by atoms with E-state index in [0.717, 1.165) is 24.3 Å². The number of amides is 1. The lowest BCUT2D eigenvalue weighted by atomic mass is 10.1. The highest BCUT2D eigenvalue weighted by Crippen LogP contribution is 2.37. The molecular formula is C22H15F6N3O6S. The van der Waals surface area contributed by atoms with Crippen LogP contribution < -0.4 is 19.5 Å². The molecule has 4 rings (SSSR count). The van der Waals surface area contributed by atoms with E-state index in [0.29, 0.717) is 11.8 Å². The Balaban J connectivity index is 1.51. The largest absolute Gasteiger partial charge is 0.573 e. The Hall–Kier alpha value is -4.08. The van der Waals surface area contributed by atoms with Gasteiger partial charge in [-0.1, -0.05) is 0 Å². The molecular weight excluding hydrogens is 548 g/mol. The highest BCUT2D eigenvalue weighted by atomic mass is 32.2. The number of hydrogen-bond donors (Lipinski definition) is 1. The van der Waals surface area contributed by atoms with Crippen molar-refractivity contribution in [1.29, 1.82) is 0 Å². The van der Waals surface area contributed by atoms with E-state index in [1.54, 1.807) is 0 Å². The molecule has 3 aromatic rings. The van der Waals surface area contributed by atoms with Crippen LogP contribution in [0.4, 0.5) is 32.0 Å². The van der Waals surface area contributed by atoms with E-state index in [9.17, 15) is 39.6 Å². The van der Waals surface area contributed by atoms with Crippen LogP contribution in [0.3, 0.4) is 0 Å². The van der Waals surface area contributed by atoms with Gasteiger partial charge in [-0.05, 0) is 48.5 Å². The maximum Gasteiger partial charge on any atom is 0.573 e. The predicted molar refractivity (Wildman–Crippen MR) is 117 cm³/mol. The monoisotopic (exact) mass is 563 g/mol. The van der Waals surface area contributed by atoms with Gasteiger partial charge < -0.3 is 19.5 Å². The van der Waals surface area contributed by atoms with Gasteiger partial charge in [0.15, 0.2) is 11.5 Å². The fourth-order valence-electron chi connectivity index (χ4n) is 3.19. The van der Waals surface area contributed by atoms with Crippen molar-refractivity contribution in [3.8, 4) is 28.5 Å². The van der Waals surface area contributed by atoms with Gasteiger partial charge in [-0.3, -0.25) is 4.79 Å². The molecule has 0 saturated heterocycles. The predicted octanol–water partition coefficient (Wildman–Crippen LogP) is 4.59. The van der Waals surface area contributed by atoms with E-state index in [4.69, 9.17) is 9.47 Å². The molecule has 0 aliphatic carbocycles. The second-order valence-corrected chi connectivity index (χ2v) is 9.68. The van der Waals surface area contributed by atoms with Crippen LogP contribution in [-0.4, -0.2) is 43.2 Å². The number of alkyl halides is 6. The van der Waals surface area contributed by atoms with Gasteiger partial charge in [-0.15, -0.1) is 13.2 Å². The highest BCUT2D eigenvalue weighted by Gasteiger charge is 2.36. The number of fused-ring (bicyclic) bond motifs is 1. The maximum absolute atomic E-state index is 13.5. The molecule has 16 heteroatoms. The lowest BCUT2D eigenvalue weighted by Gasteiger charge is -2.12. The number of carbonyl (C=O) groups excluding carboxylic acids is 1. The summed E-state index contributed by atoms with van der Waals surface area (Å²) in [6.07, 6.45) is -10.6. The zero-order valence-corrected chi connectivity index (χ0v) is 19.6. The summed E-state index contributed by atoms with van der Waals surface area (Å²) in [7, 11) is -4.58. The lowest BCUT2D eigenvalue weighted by Crippen LogP contribution is -2.20. The number of carbonyl (C=O) groups is 1. The molecule has 38 heavy (non-hydrogen) atoms. The van der Waals surface area contributed by atoms with E-state index < -0.39 is 57.1 Å². The standard InChI is InChI=1S/C22H15F6N3O6S/c23-21(24,25)18-10-15(12-1-6-16-17(9-12)36-11-35-16)30-20(31-18)38(33,34)8-7-19(32)29-13-2-4-14(5-3-13)37-22(26,27)28/h1-6,9-10H,7-8,11H2,(H,29,32). The molecule has 202 valence electrons. The molecule has 1 aliphatic heterocycles. The summed E-state index contributed by atoms with van der Waals surface area (Å²) in [5, 5.41) is 1.13. The average molecular weight is 563 g/mol. The fraction of sp³-hybridized carbons (Fsp3) is 0.227. The smallest absolute Gasteiger partial charge is 0.454 e. The molecule has 0 fully saturated rings. The summed E-state index contributed by atoms with van der Waals surface area (Å²) >= 11 is 0. The molecule has 0 unspecified atom stereocenters. The third-order valence-corrected chi connectivity index (χ3v) is 6.39. The minimum atomic E-state index is -5.00. The number of nitrogens with zero attached hydrogens (tertiary/aromatic N) is 2. The van der Waals surface area contributed by atoms with Crippen molar-refractivity contribution < 1.29 is 53.8 Å². The summed E-state index contributed by atoms with van der Waals surface area (Å²) in [5.41, 5.74) is -1.73. The third kappa shape index (κ3) is 6.62. The van der Waals surface area contributed by atoms with E-state index in [1.807, 2.05) is 0 Å². The SMILES string of the molecule is O=C(CCS(=O)(=O)c1nc(-c2ccc3c(c2)OCO3)cc(C(F)(F)F)n1)Nc1ccc(OC(F)(F)F)cc1. The molecule has 1 aromatic heterocycles. The van der Waals surface area contributed by atoms with E-state index in [-0.39, 0.29) is 29.5 Å². The van der Waals surface area contributed by atoms with Gasteiger partial charge in [0.05, 0.1) is 11.4 Å². The Morgan fingerprint density at radius 1 is 0.947 bits per heavy atom. The van der Waals surface area contributed by atoms with Crippen LogP contribution in [0.5, 0.6) is 17.2 Å². The average Bonchev–Trinajstić information content (AvgIpc) is 3.30. The summed E-state index contributed by atoms with van der Waals surface area (Å²) < 4.78 is 117. The number of ether oxygens (including phenoxy) is 3. The number of halogens is 6. The Labute approximate surface area is 210 Å². The van der Waals surface area contributed by atoms with Crippen molar-refractivity contribution in [3.05, 3.63) is 54.2 Å². The highest BCUT2D eigenvalue weighted by molar-refractivity contribution is 7.91. The van der Waals surface area contributed by atoms with Gasteiger partial charge in [0.2, 0.25) is 27.7 Å². The minimum Gasteiger partial charge on any atom is -0.454 e. The second-order valence-electron chi connectivity index (χ2n) is 7.68. The van der Waals surface area contributed by atoms with Crippen molar-refractivity contribution in [2.45, 2.75) is 24.1 Å². The van der Waals surface area contributed by atoms with Gasteiger partial charge in [0.1, 0.15) is 11.4 Å². The minimum absolute atomic E-state index is 0.0299. The van der Waals surface area contributed by atoms with Crippen molar-refractivity contribution in [3.63, 3.8) is 0 Å². The Bertz CT molecular complexity index is 1460. The number of anilines is 1. The molecule has 0 radical (unpaired) electrons. The Morgan fingerprint density at radius 2 is 1.63 bits per heavy atom. The first-order valence-corrected chi connectivity index (χ1v) is 12.1. The number of aromatic nitrogens is 2. The first-order chi connectivity index (χ1) is 17.7. The normalized spacial score (nSPS) is 13.3. The number of rotatable bonds is 7. The van der Waals surface area contributed by atoms with Gasteiger partial charge in [0.25, 0.3) is 0 Å². The maximum atomic E-state index is 13.5. The van der Waals surface area contributed by atoms with Crippen molar-refractivity contribution in [2.75, 3.05) is 17.9 Å². The van der Waals surface area contributed by atoms with Gasteiger partial charge in [0, 0.05) is 17.7 Å². The van der Waals surface area contributed by atoms with Crippen molar-refractivity contribution in [1.82, 2.24) is 9.97 Å². The number of nitrogens with one attached hydrogen (secondary N) is 1. The van der Waals surface area contributed by atoms with Crippen molar-refractivity contribution >= 4 is 21.4 Å². The zero-order valence-electron chi connectivity index (χ0n) is 18.8. The first kappa shape index (κ1) is 27.0. The van der Waals surface area contributed by atoms with E-state index >= 15 is 0 Å². The zero-order chi connectivity index (χ0) is 27.7. The van der Waals surface area contributed by atoms with Crippen LogP contribution in [0.15, 0.2) is 53.7 Å². The topological polar surface area (TPSA) is 117 Å². The Kier molecular flexibility index (Phi) is 7.10. The van der Waals surface area contributed by atoms with Crippen LogP contribution in [0.2, 0.25) is 0 Å². The summed E-state index contributed by atoms with van der Waals surface area (Å²) in [6, 6.07) is 8.72. The molecule has 0 spiro atoms. The van der Waals surface area contributed by atoms with Crippen LogP contribution in [0.1, 0.15) is 12.1 Å². The van der Waals surface area contributed by atoms with Crippen molar-refractivity contribution in [2.24, 2.45) is 0 Å². The molecule has 2 aromatic carbocycles. The molecule has 0 atom stereocenters. The van der Waals surface area contributed by atoms with E-state index in [2.05, 4.69) is 20.0 Å². The molecule has 0 saturated carbocycles. The third-order valence-electron chi connectivity index (χ3n) is 4.91. The van der Waals surface area contributed by atoms with Gasteiger partial charge in [-0.2, -0.15) is 13.2 Å². The molecule has 0 bridgehead atoms. The second kappa shape index (κ2) is 10.00. The van der Waals surface area contributed by atoms with Gasteiger partial charge in [-0.25, -0.2) is 18.4 Å². The van der Waals surface area contributed by atoms with Crippen LogP contribution >= 0.6 is 0 Å². The Morgan fingerprint density at radius 3 is 2.29 bits per heavy atom. The molecule has 1 N–H and O–H groups in total. The van der Waals surface area contributed by atoms with Gasteiger partial charge >= 0.3 is 12.5 Å². The lowest BCUT2D eigenvalue weighted by molar-refractivity contribution is -0.274. The quantitative estimate of drug-likeness (QED) is 0.328. The molecule has 1 aliphatic rings. The van der Waals surface area contributed by atoms with Crippen LogP contribution in [-0.2, 0) is 20.8 Å². The summed E-state index contributed by atoms with van der Waals surface area (Å²) in [6.45, 7) is -0.0937. The molecule has 9 nitrogen and oxygen atoms in total. The first-order valence-electron chi connectivity index (χ1n) is 10.4. The number of benzene rings is 2. The van der Waals surface area contributed by atoms with E-state index in [1.165, 1.54) is 18.2 Å². The number of hydrogen-bond acceptors (Lipinski definition) is 8. The molecule has 2 heterocycles. The number of sulfone groups is 1. The van der Waals surface area contributed by atoms with Crippen LogP contribution in [0, 0.1) is 0 Å². The van der Waals surface area contributed by atoms with Crippen LogP contribution in [0.25, 0.3) is 11.3 Å². The summed E-state index contributed by atoms with van der Waals surface area (Å²) in [4.78, 5) is 19.1. The fourth-order valence-corrected chi connectivity index (χ4v) is 4.31. The molecule has 1 amide bonds. The summed E-state index contributed by atoms with van der Waals surface area (Å²) in [5.74, 6) is -1.79.